The van der Waals surface area contributed by atoms with Crippen molar-refractivity contribution in [2.45, 2.75) is 130 Å². The average Bonchev–Trinajstić information content (AvgIpc) is 4.09. The lowest BCUT2D eigenvalue weighted by atomic mass is 9.65. The van der Waals surface area contributed by atoms with Gasteiger partial charge in [-0.05, 0) is 88.0 Å². The largest absolute Gasteiger partial charge is 0.492 e. The number of benzene rings is 1. The summed E-state index contributed by atoms with van der Waals surface area (Å²) in [6.45, 7) is 14.7. The molecule has 2 fully saturated rings. The highest BCUT2D eigenvalue weighted by Gasteiger charge is 2.48. The molecule has 0 bridgehead atoms. The van der Waals surface area contributed by atoms with Crippen molar-refractivity contribution in [3.05, 3.63) is 64.8 Å². The Kier molecular flexibility index (Phi) is 11.6. The van der Waals surface area contributed by atoms with Crippen molar-refractivity contribution in [3.8, 4) is 17.0 Å². The molecule has 5 aliphatic rings. The standard InChI is InChI=1S/C46H60N8O8/c1-10-46-18-28(31-20-48-41(50-31)33-14-12-26(7)54(33)43(56)39(24(4)5)52-45(58)60-9)17-35-37(46)36-29(21-61-35)15-27(16-34(36)62-22-46)30-19-47-40(49-30)32-13-11-25(6)53(32)42(55)38(23(2)3)51-44(57)59-8/h15-17,19-20,23-26,32-33,38-39H,10-14,18,21-22H2,1-9H3,(H,47,49)(H,48,50)(H,51,57)(H,52,58)/t25-,26-,32-,33-,38-,39-,46?/m0/s1. The number of aromatic nitrogens is 4. The molecule has 332 valence electrons. The number of carbonyl (C=O) groups excluding carboxylic acids is 4. The lowest BCUT2D eigenvalue weighted by Crippen LogP contribution is -2.52. The molecule has 3 aromatic rings. The zero-order valence-corrected chi connectivity index (χ0v) is 37.2. The van der Waals surface area contributed by atoms with Crippen LogP contribution in [0.25, 0.3) is 22.4 Å². The summed E-state index contributed by atoms with van der Waals surface area (Å²) in [5, 5.41) is 5.47. The van der Waals surface area contributed by atoms with Gasteiger partial charge in [0, 0.05) is 39.8 Å². The molecule has 4 aliphatic heterocycles. The van der Waals surface area contributed by atoms with Gasteiger partial charge in [-0.2, -0.15) is 0 Å². The molecule has 4 N–H and O–H groups in total. The smallest absolute Gasteiger partial charge is 0.407 e. The molecule has 4 amide bonds. The number of likely N-dealkylation sites (tertiary alicyclic amines) is 2. The Morgan fingerprint density at radius 3 is 1.90 bits per heavy atom. The summed E-state index contributed by atoms with van der Waals surface area (Å²) in [4.78, 5) is 72.7. The quantitative estimate of drug-likeness (QED) is 0.154. The number of H-pyrrole nitrogens is 2. The normalized spacial score (nSPS) is 24.9. The van der Waals surface area contributed by atoms with Crippen LogP contribution in [0.1, 0.15) is 128 Å². The van der Waals surface area contributed by atoms with Gasteiger partial charge in [0.25, 0.3) is 0 Å². The van der Waals surface area contributed by atoms with Gasteiger partial charge in [0.1, 0.15) is 41.8 Å². The van der Waals surface area contributed by atoms with Gasteiger partial charge in [0.05, 0.1) is 56.7 Å². The summed E-state index contributed by atoms with van der Waals surface area (Å²) in [6, 6.07) is 2.17. The van der Waals surface area contributed by atoms with Gasteiger partial charge in [-0.1, -0.05) is 34.6 Å². The van der Waals surface area contributed by atoms with Crippen molar-refractivity contribution >= 4 is 35.1 Å². The summed E-state index contributed by atoms with van der Waals surface area (Å²) in [5.74, 6) is 2.47. The highest BCUT2D eigenvalue weighted by molar-refractivity contribution is 5.90. The third kappa shape index (κ3) is 7.48. The number of hydrogen-bond donors (Lipinski definition) is 4. The Morgan fingerprint density at radius 1 is 0.823 bits per heavy atom. The third-order valence-electron chi connectivity index (χ3n) is 13.7. The van der Waals surface area contributed by atoms with E-state index in [2.05, 4.69) is 45.7 Å². The van der Waals surface area contributed by atoms with Gasteiger partial charge >= 0.3 is 12.2 Å². The summed E-state index contributed by atoms with van der Waals surface area (Å²) in [7, 11) is 2.59. The van der Waals surface area contributed by atoms with Crippen LogP contribution >= 0.6 is 0 Å². The number of amides is 4. The van der Waals surface area contributed by atoms with Crippen molar-refractivity contribution in [2.75, 3.05) is 20.8 Å². The number of methoxy groups -OCH3 is 2. The van der Waals surface area contributed by atoms with E-state index in [1.807, 2.05) is 63.7 Å². The summed E-state index contributed by atoms with van der Waals surface area (Å²) >= 11 is 0. The third-order valence-corrected chi connectivity index (χ3v) is 13.7. The molecule has 1 aliphatic carbocycles. The predicted molar refractivity (Wildman–Crippen MR) is 230 cm³/mol. The van der Waals surface area contributed by atoms with Crippen molar-refractivity contribution in [1.82, 2.24) is 40.4 Å². The van der Waals surface area contributed by atoms with Gasteiger partial charge in [-0.25, -0.2) is 19.6 Å². The molecule has 6 heterocycles. The fourth-order valence-electron chi connectivity index (χ4n) is 10.2. The van der Waals surface area contributed by atoms with Crippen molar-refractivity contribution < 1.29 is 38.1 Å². The first-order chi connectivity index (χ1) is 29.7. The summed E-state index contributed by atoms with van der Waals surface area (Å²) in [5.41, 5.74) is 6.60. The number of imidazole rings is 2. The first-order valence-corrected chi connectivity index (χ1v) is 22.0. The summed E-state index contributed by atoms with van der Waals surface area (Å²) in [6.07, 6.45) is 9.19. The number of rotatable bonds is 11. The summed E-state index contributed by atoms with van der Waals surface area (Å²) < 4.78 is 23.0. The molecule has 0 spiro atoms. The van der Waals surface area contributed by atoms with Gasteiger partial charge in [-0.15, -0.1) is 0 Å². The number of ether oxygens (including phenoxy) is 4. The second-order valence-electron chi connectivity index (χ2n) is 18.3. The van der Waals surface area contributed by atoms with Crippen LogP contribution in [0.5, 0.6) is 5.75 Å². The number of carbonyl (C=O) groups is 4. The number of hydrogen-bond acceptors (Lipinski definition) is 10. The van der Waals surface area contributed by atoms with Crippen molar-refractivity contribution in [3.63, 3.8) is 0 Å². The second kappa shape index (κ2) is 16.8. The van der Waals surface area contributed by atoms with Gasteiger partial charge in [0.15, 0.2) is 0 Å². The predicted octanol–water partition coefficient (Wildman–Crippen LogP) is 7.18. The topological polar surface area (TPSA) is 193 Å². The number of nitrogens with zero attached hydrogens (tertiary/aromatic N) is 4. The molecule has 0 radical (unpaired) electrons. The molecule has 0 saturated carbocycles. The Balaban J connectivity index is 1.05. The Morgan fingerprint density at radius 2 is 1.37 bits per heavy atom. The number of allylic oxidation sites excluding steroid dienone is 2. The minimum atomic E-state index is -0.728. The molecule has 2 aromatic heterocycles. The molecule has 1 unspecified atom stereocenters. The maximum Gasteiger partial charge on any atom is 0.407 e. The highest BCUT2D eigenvalue weighted by Crippen LogP contribution is 2.58. The maximum absolute atomic E-state index is 14.0. The monoisotopic (exact) mass is 852 g/mol. The van der Waals surface area contributed by atoms with E-state index < -0.39 is 24.3 Å². The number of alkyl carbamates (subject to hydrolysis) is 2. The minimum absolute atomic E-state index is 0.0233. The Hall–Kier alpha value is -5.80. The van der Waals surface area contributed by atoms with Crippen LogP contribution in [0.3, 0.4) is 0 Å². The second-order valence-corrected chi connectivity index (χ2v) is 18.3. The molecule has 2 saturated heterocycles. The molecule has 62 heavy (non-hydrogen) atoms. The van der Waals surface area contributed by atoms with E-state index in [1.165, 1.54) is 14.2 Å². The van der Waals surface area contributed by atoms with Crippen LogP contribution < -0.4 is 15.4 Å². The lowest BCUT2D eigenvalue weighted by Gasteiger charge is -2.45. The fraction of sp³-hybridized carbons (Fsp3) is 0.565. The maximum atomic E-state index is 14.0. The van der Waals surface area contributed by atoms with Crippen molar-refractivity contribution in [1.29, 1.82) is 0 Å². The van der Waals surface area contributed by atoms with E-state index >= 15 is 0 Å². The van der Waals surface area contributed by atoms with E-state index in [9.17, 15) is 19.2 Å². The van der Waals surface area contributed by atoms with E-state index in [-0.39, 0.29) is 53.2 Å². The zero-order valence-electron chi connectivity index (χ0n) is 37.2. The van der Waals surface area contributed by atoms with E-state index in [0.717, 1.165) is 82.8 Å². The molecule has 8 rings (SSSR count). The van der Waals surface area contributed by atoms with Crippen LogP contribution in [0.15, 0.2) is 36.4 Å². The first-order valence-electron chi connectivity index (χ1n) is 22.0. The molecule has 16 nitrogen and oxygen atoms in total. The van der Waals surface area contributed by atoms with E-state index in [1.54, 1.807) is 0 Å². The SMILES string of the molecule is CCC12COc3cc(-c4cnc([C@@H]5CC[C@H](C)N5C(=O)[C@@H](NC(=O)OC)C(C)C)[nH]4)cc4c3C1=C(C=C(c1cnc([C@@H]3CC[C@H](C)N3C(=O)[C@@H](NC(=O)OC)C(C)C)[nH]1)C2)OC4. The van der Waals surface area contributed by atoms with Crippen molar-refractivity contribution in [2.24, 2.45) is 17.3 Å². The Labute approximate surface area is 362 Å². The van der Waals surface area contributed by atoms with Gasteiger partial charge < -0.3 is 49.3 Å². The minimum Gasteiger partial charge on any atom is -0.492 e. The molecule has 7 atom stereocenters. The zero-order chi connectivity index (χ0) is 44.2. The van der Waals surface area contributed by atoms with Crippen LogP contribution in [0.4, 0.5) is 9.59 Å². The molecular weight excluding hydrogens is 793 g/mol. The van der Waals surface area contributed by atoms with Crippen LogP contribution in [0.2, 0.25) is 0 Å². The first kappa shape index (κ1) is 42.9. The van der Waals surface area contributed by atoms with E-state index in [4.69, 9.17) is 28.9 Å². The average molecular weight is 853 g/mol. The van der Waals surface area contributed by atoms with Gasteiger partial charge in [-0.3, -0.25) is 9.59 Å². The van der Waals surface area contributed by atoms with Crippen LogP contribution in [-0.2, 0) is 30.4 Å². The van der Waals surface area contributed by atoms with E-state index in [0.29, 0.717) is 31.3 Å². The molecule has 1 aromatic carbocycles. The fourth-order valence-corrected chi connectivity index (χ4v) is 10.2. The lowest BCUT2D eigenvalue weighted by molar-refractivity contribution is -0.138. The molecular formula is C46H60N8O8. The van der Waals surface area contributed by atoms with Crippen LogP contribution in [0, 0.1) is 17.3 Å². The highest BCUT2D eigenvalue weighted by atomic mass is 16.5. The number of aromatic amines is 2. The Bertz CT molecular complexity index is 2310. The molecule has 16 heteroatoms. The van der Waals surface area contributed by atoms with Gasteiger partial charge in [0.2, 0.25) is 11.8 Å². The van der Waals surface area contributed by atoms with Crippen LogP contribution in [-0.4, -0.2) is 98.7 Å². The number of nitrogens with one attached hydrogen (secondary N) is 4.